The Morgan fingerprint density at radius 3 is 2.83 bits per heavy atom. The smallest absolute Gasteiger partial charge is 0.229 e. The molecule has 1 atom stereocenters. The van der Waals surface area contributed by atoms with Gasteiger partial charge >= 0.3 is 0 Å². The third-order valence-electron chi connectivity index (χ3n) is 4.54. The minimum atomic E-state index is -0.0874. The lowest BCUT2D eigenvalue weighted by atomic mass is 9.96. The topological polar surface area (TPSA) is 49.4 Å². The molecule has 0 unspecified atom stereocenters. The zero-order valence-corrected chi connectivity index (χ0v) is 14.4. The predicted octanol–water partition coefficient (Wildman–Crippen LogP) is 3.14. The van der Waals surface area contributed by atoms with Crippen molar-refractivity contribution < 1.29 is 9.59 Å². The molecule has 2 amide bonds. The van der Waals surface area contributed by atoms with Crippen LogP contribution in [0.25, 0.3) is 0 Å². The molecular formula is C18H24N2O2S. The summed E-state index contributed by atoms with van der Waals surface area (Å²) in [5, 5.41) is 3.03. The molecule has 5 heteroatoms. The fourth-order valence-electron chi connectivity index (χ4n) is 3.13. The molecule has 1 aromatic rings. The van der Waals surface area contributed by atoms with E-state index < -0.39 is 0 Å². The number of piperidine rings is 1. The van der Waals surface area contributed by atoms with Gasteiger partial charge in [0.1, 0.15) is 0 Å². The van der Waals surface area contributed by atoms with Crippen LogP contribution in [-0.4, -0.2) is 36.1 Å². The lowest BCUT2D eigenvalue weighted by Gasteiger charge is -2.32. The highest BCUT2D eigenvalue weighted by atomic mass is 32.2. The number of amides is 2. The summed E-state index contributed by atoms with van der Waals surface area (Å²) in [4.78, 5) is 26.6. The van der Waals surface area contributed by atoms with Crippen LogP contribution in [0.3, 0.4) is 0 Å². The van der Waals surface area contributed by atoms with Crippen molar-refractivity contribution in [1.82, 2.24) is 4.90 Å². The lowest BCUT2D eigenvalue weighted by Crippen LogP contribution is -2.44. The van der Waals surface area contributed by atoms with Gasteiger partial charge in [-0.1, -0.05) is 12.1 Å². The fraction of sp³-hybridized carbons (Fsp3) is 0.556. The van der Waals surface area contributed by atoms with Crippen LogP contribution in [0.5, 0.6) is 0 Å². The average Bonchev–Trinajstić information content (AvgIpc) is 3.40. The van der Waals surface area contributed by atoms with Gasteiger partial charge in [0.05, 0.1) is 5.92 Å². The van der Waals surface area contributed by atoms with Gasteiger partial charge in [0.25, 0.3) is 0 Å². The van der Waals surface area contributed by atoms with Crippen LogP contribution >= 0.6 is 11.8 Å². The number of anilines is 1. The molecule has 0 spiro atoms. The number of likely N-dealkylation sites (tertiary alicyclic amines) is 1. The van der Waals surface area contributed by atoms with E-state index in [0.29, 0.717) is 6.54 Å². The summed E-state index contributed by atoms with van der Waals surface area (Å²) >= 11 is 1.77. The maximum Gasteiger partial charge on any atom is 0.229 e. The Kier molecular flexibility index (Phi) is 5.26. The summed E-state index contributed by atoms with van der Waals surface area (Å²) < 4.78 is 0. The van der Waals surface area contributed by atoms with Crippen LogP contribution < -0.4 is 5.32 Å². The molecule has 0 radical (unpaired) electrons. The van der Waals surface area contributed by atoms with Crippen LogP contribution in [0.4, 0.5) is 5.69 Å². The van der Waals surface area contributed by atoms with E-state index in [9.17, 15) is 9.59 Å². The van der Waals surface area contributed by atoms with Gasteiger partial charge in [0.2, 0.25) is 11.8 Å². The summed E-state index contributed by atoms with van der Waals surface area (Å²) in [6.45, 7) is 1.38. The molecular weight excluding hydrogens is 308 g/mol. The van der Waals surface area contributed by atoms with Crippen LogP contribution in [0, 0.1) is 11.8 Å². The first-order chi connectivity index (χ1) is 11.2. The minimum Gasteiger partial charge on any atom is -0.342 e. The van der Waals surface area contributed by atoms with Gasteiger partial charge in [-0.3, -0.25) is 9.59 Å². The van der Waals surface area contributed by atoms with Crippen molar-refractivity contribution >= 4 is 29.3 Å². The average molecular weight is 332 g/mol. The molecule has 0 aromatic heterocycles. The number of thioether (sulfide) groups is 1. The van der Waals surface area contributed by atoms with E-state index in [1.165, 1.54) is 5.56 Å². The molecule has 2 fully saturated rings. The van der Waals surface area contributed by atoms with Gasteiger partial charge in [-0.15, -0.1) is 0 Å². The summed E-state index contributed by atoms with van der Waals surface area (Å²) in [7, 11) is 0. The van der Waals surface area contributed by atoms with Gasteiger partial charge in [0, 0.05) is 30.4 Å². The first kappa shape index (κ1) is 16.4. The summed E-state index contributed by atoms with van der Waals surface area (Å²) in [6, 6.07) is 8.01. The van der Waals surface area contributed by atoms with E-state index in [4.69, 9.17) is 0 Å². The Morgan fingerprint density at radius 2 is 2.09 bits per heavy atom. The molecule has 1 N–H and O–H groups in total. The maximum absolute atomic E-state index is 12.5. The van der Waals surface area contributed by atoms with Crippen LogP contribution in [0.15, 0.2) is 24.3 Å². The molecule has 23 heavy (non-hydrogen) atoms. The zero-order valence-electron chi connectivity index (χ0n) is 13.6. The monoisotopic (exact) mass is 332 g/mol. The number of rotatable bonds is 5. The van der Waals surface area contributed by atoms with E-state index in [1.807, 2.05) is 23.1 Å². The SMILES string of the molecule is CSCc1cccc(NC(=O)[C@@H]2CCCN(C(=O)C3CC3)C2)c1. The number of carbonyl (C=O) groups excluding carboxylic acids is 2. The van der Waals surface area contributed by atoms with Crippen molar-refractivity contribution in [3.8, 4) is 0 Å². The second-order valence-corrected chi connectivity index (χ2v) is 7.39. The first-order valence-corrected chi connectivity index (χ1v) is 9.74. The quantitative estimate of drug-likeness (QED) is 0.901. The number of hydrogen-bond acceptors (Lipinski definition) is 3. The van der Waals surface area contributed by atoms with Gasteiger partial charge in [-0.05, 0) is 49.6 Å². The predicted molar refractivity (Wildman–Crippen MR) is 94.3 cm³/mol. The molecule has 2 aliphatic rings. The molecule has 124 valence electrons. The summed E-state index contributed by atoms with van der Waals surface area (Å²) in [5.41, 5.74) is 2.07. The normalized spacial score (nSPS) is 21.1. The van der Waals surface area contributed by atoms with Crippen LogP contribution in [-0.2, 0) is 15.3 Å². The largest absolute Gasteiger partial charge is 0.342 e. The molecule has 1 aliphatic carbocycles. The van der Waals surface area contributed by atoms with Crippen molar-refractivity contribution in [2.45, 2.75) is 31.4 Å². The Bertz CT molecular complexity index is 586. The van der Waals surface area contributed by atoms with Crippen molar-refractivity contribution in [2.75, 3.05) is 24.7 Å². The van der Waals surface area contributed by atoms with Crippen molar-refractivity contribution in [3.05, 3.63) is 29.8 Å². The van der Waals surface area contributed by atoms with Gasteiger partial charge in [-0.25, -0.2) is 0 Å². The third kappa shape index (κ3) is 4.28. The molecule has 1 aromatic carbocycles. The van der Waals surface area contributed by atoms with Gasteiger partial charge in [-0.2, -0.15) is 11.8 Å². The second kappa shape index (κ2) is 7.39. The highest BCUT2D eigenvalue weighted by Crippen LogP contribution is 2.32. The van der Waals surface area contributed by atoms with Crippen molar-refractivity contribution in [1.29, 1.82) is 0 Å². The Hall–Kier alpha value is -1.49. The summed E-state index contributed by atoms with van der Waals surface area (Å²) in [5.74, 6) is 1.39. The number of hydrogen-bond donors (Lipinski definition) is 1. The molecule has 1 heterocycles. The fourth-order valence-corrected chi connectivity index (χ4v) is 3.64. The van der Waals surface area contributed by atoms with Crippen molar-refractivity contribution in [2.24, 2.45) is 11.8 Å². The van der Waals surface area contributed by atoms with Crippen LogP contribution in [0.2, 0.25) is 0 Å². The Balaban J connectivity index is 1.58. The third-order valence-corrected chi connectivity index (χ3v) is 5.16. The minimum absolute atomic E-state index is 0.0413. The van der Waals surface area contributed by atoms with Crippen LogP contribution in [0.1, 0.15) is 31.2 Å². The maximum atomic E-state index is 12.5. The van der Waals surface area contributed by atoms with Gasteiger partial charge in [0.15, 0.2) is 0 Å². The molecule has 4 nitrogen and oxygen atoms in total. The number of nitrogens with zero attached hydrogens (tertiary/aromatic N) is 1. The highest BCUT2D eigenvalue weighted by molar-refractivity contribution is 7.97. The lowest BCUT2D eigenvalue weighted by molar-refractivity contribution is -0.135. The van der Waals surface area contributed by atoms with E-state index in [0.717, 1.165) is 43.7 Å². The van der Waals surface area contributed by atoms with Crippen molar-refractivity contribution in [3.63, 3.8) is 0 Å². The first-order valence-electron chi connectivity index (χ1n) is 8.35. The molecule has 1 saturated carbocycles. The number of benzene rings is 1. The van der Waals surface area contributed by atoms with E-state index in [2.05, 4.69) is 17.6 Å². The molecule has 1 aliphatic heterocycles. The molecule has 0 bridgehead atoms. The highest BCUT2D eigenvalue weighted by Gasteiger charge is 2.36. The number of nitrogens with one attached hydrogen (secondary N) is 1. The van der Waals surface area contributed by atoms with Gasteiger partial charge < -0.3 is 10.2 Å². The second-order valence-electron chi connectivity index (χ2n) is 6.52. The van der Waals surface area contributed by atoms with E-state index in [-0.39, 0.29) is 23.7 Å². The Labute approximate surface area is 142 Å². The zero-order chi connectivity index (χ0) is 16.2. The summed E-state index contributed by atoms with van der Waals surface area (Å²) in [6.07, 6.45) is 5.90. The number of carbonyl (C=O) groups is 2. The Morgan fingerprint density at radius 1 is 1.26 bits per heavy atom. The molecule has 1 saturated heterocycles. The van der Waals surface area contributed by atoms with E-state index in [1.54, 1.807) is 11.8 Å². The standard InChI is InChI=1S/C18H24N2O2S/c1-23-12-13-4-2-6-16(10-13)19-17(21)15-5-3-9-20(11-15)18(22)14-7-8-14/h2,4,6,10,14-15H,3,5,7-9,11-12H2,1H3,(H,19,21)/t15-/m1/s1. The molecule has 3 rings (SSSR count). The van der Waals surface area contributed by atoms with E-state index >= 15 is 0 Å².